The normalized spacial score (nSPS) is 23.1. The van der Waals surface area contributed by atoms with Gasteiger partial charge in [-0.1, -0.05) is 34.0 Å². The van der Waals surface area contributed by atoms with Crippen LogP contribution >= 0.6 is 39.3 Å². The van der Waals surface area contributed by atoms with E-state index >= 15 is 0 Å². The van der Waals surface area contributed by atoms with Gasteiger partial charge in [0.1, 0.15) is 0 Å². The van der Waals surface area contributed by atoms with E-state index < -0.39 is 0 Å². The van der Waals surface area contributed by atoms with Gasteiger partial charge in [0.15, 0.2) is 0 Å². The lowest BCUT2D eigenvalue weighted by Crippen LogP contribution is -2.49. The quantitative estimate of drug-likeness (QED) is 0.702. The summed E-state index contributed by atoms with van der Waals surface area (Å²) in [6.07, 6.45) is 4.96. The molecule has 0 aromatic heterocycles. The van der Waals surface area contributed by atoms with Gasteiger partial charge in [0.05, 0.1) is 16.6 Å². The van der Waals surface area contributed by atoms with E-state index in [1.54, 1.807) is 6.07 Å². The fraction of sp³-hybridized carbons (Fsp3) is 0.611. The molecule has 2 fully saturated rings. The van der Waals surface area contributed by atoms with Gasteiger partial charge in [0.2, 0.25) is 0 Å². The number of halogens is 2. The molecular formula is C18H24BrClN2OS. The van der Waals surface area contributed by atoms with Crippen LogP contribution in [0.1, 0.15) is 36.0 Å². The molecule has 3 nitrogen and oxygen atoms in total. The Bertz CT molecular complexity index is 580. The van der Waals surface area contributed by atoms with Crippen molar-refractivity contribution < 1.29 is 4.79 Å². The van der Waals surface area contributed by atoms with Crippen molar-refractivity contribution in [3.05, 3.63) is 33.3 Å². The number of benzene rings is 1. The molecule has 3 rings (SSSR count). The topological polar surface area (TPSA) is 23.6 Å². The minimum absolute atomic E-state index is 0.0748. The minimum Gasteiger partial charge on any atom is -0.333 e. The smallest absolute Gasteiger partial charge is 0.255 e. The first-order valence-electron chi connectivity index (χ1n) is 8.71. The van der Waals surface area contributed by atoms with Crippen LogP contribution in [0.3, 0.4) is 0 Å². The van der Waals surface area contributed by atoms with Crippen LogP contribution in [0.5, 0.6) is 0 Å². The molecule has 0 saturated carbocycles. The molecule has 1 amide bonds. The predicted molar refractivity (Wildman–Crippen MR) is 106 cm³/mol. The molecule has 0 radical (unpaired) electrons. The summed E-state index contributed by atoms with van der Waals surface area (Å²) in [7, 11) is 0. The van der Waals surface area contributed by atoms with Crippen LogP contribution in [-0.2, 0) is 0 Å². The molecule has 1 aromatic rings. The summed E-state index contributed by atoms with van der Waals surface area (Å²) in [5.41, 5.74) is 0.613. The molecule has 2 aliphatic heterocycles. The number of thioether (sulfide) groups is 1. The van der Waals surface area contributed by atoms with Crippen molar-refractivity contribution in [1.82, 2.24) is 9.80 Å². The van der Waals surface area contributed by atoms with Crippen LogP contribution in [0.4, 0.5) is 0 Å². The lowest BCUT2D eigenvalue weighted by atomic mass is 10.1. The van der Waals surface area contributed by atoms with Gasteiger partial charge in [-0.05, 0) is 56.3 Å². The number of rotatable bonds is 3. The average molecular weight is 432 g/mol. The Balaban J connectivity index is 1.78. The first-order chi connectivity index (χ1) is 11.6. The van der Waals surface area contributed by atoms with E-state index in [-0.39, 0.29) is 11.9 Å². The van der Waals surface area contributed by atoms with Crippen molar-refractivity contribution in [2.45, 2.75) is 31.7 Å². The largest absolute Gasteiger partial charge is 0.333 e. The first-order valence-corrected chi connectivity index (χ1v) is 11.0. The van der Waals surface area contributed by atoms with Gasteiger partial charge < -0.3 is 9.80 Å². The fourth-order valence-electron chi connectivity index (χ4n) is 3.50. The number of nitrogens with zero attached hydrogens (tertiary/aromatic N) is 2. The zero-order valence-corrected chi connectivity index (χ0v) is 17.0. The maximum Gasteiger partial charge on any atom is 0.255 e. The van der Waals surface area contributed by atoms with E-state index in [1.807, 2.05) is 23.9 Å². The highest BCUT2D eigenvalue weighted by Gasteiger charge is 2.29. The number of hydrogen-bond acceptors (Lipinski definition) is 3. The molecule has 2 aliphatic rings. The highest BCUT2D eigenvalue weighted by molar-refractivity contribution is 9.10. The SMILES string of the molecule is O=C(c1cc(Br)ccc1Cl)N1CCCSCC1CN1CCCCC1. The highest BCUT2D eigenvalue weighted by atomic mass is 79.9. The van der Waals surface area contributed by atoms with E-state index in [0.29, 0.717) is 10.6 Å². The molecule has 2 heterocycles. The second-order valence-corrected chi connectivity index (χ2v) is 9.04. The molecule has 1 aromatic carbocycles. The van der Waals surface area contributed by atoms with Gasteiger partial charge >= 0.3 is 0 Å². The molecule has 132 valence electrons. The average Bonchev–Trinajstić information content (AvgIpc) is 2.83. The zero-order valence-electron chi connectivity index (χ0n) is 13.8. The van der Waals surface area contributed by atoms with E-state index in [4.69, 9.17) is 11.6 Å². The van der Waals surface area contributed by atoms with Crippen LogP contribution in [0.25, 0.3) is 0 Å². The van der Waals surface area contributed by atoms with Crippen LogP contribution < -0.4 is 0 Å². The highest BCUT2D eigenvalue weighted by Crippen LogP contribution is 2.26. The first kappa shape index (κ1) is 18.6. The van der Waals surface area contributed by atoms with Gasteiger partial charge in [-0.15, -0.1) is 0 Å². The summed E-state index contributed by atoms with van der Waals surface area (Å²) in [4.78, 5) is 17.8. The summed E-state index contributed by atoms with van der Waals surface area (Å²) in [5.74, 6) is 2.23. The van der Waals surface area contributed by atoms with Crippen LogP contribution in [-0.4, -0.2) is 59.4 Å². The van der Waals surface area contributed by atoms with E-state index in [9.17, 15) is 4.79 Å². The number of likely N-dealkylation sites (tertiary alicyclic amines) is 1. The van der Waals surface area contributed by atoms with Gasteiger partial charge in [-0.2, -0.15) is 11.8 Å². The molecule has 2 saturated heterocycles. The molecule has 6 heteroatoms. The fourth-order valence-corrected chi connectivity index (χ4v) is 5.12. The van der Waals surface area contributed by atoms with Crippen molar-refractivity contribution in [2.75, 3.05) is 37.7 Å². The van der Waals surface area contributed by atoms with Crippen molar-refractivity contribution in [3.8, 4) is 0 Å². The van der Waals surface area contributed by atoms with Gasteiger partial charge in [-0.25, -0.2) is 0 Å². The predicted octanol–water partition coefficient (Wildman–Crippen LogP) is 4.54. The van der Waals surface area contributed by atoms with Gasteiger partial charge in [-0.3, -0.25) is 4.79 Å². The van der Waals surface area contributed by atoms with Crippen molar-refractivity contribution in [1.29, 1.82) is 0 Å². The van der Waals surface area contributed by atoms with E-state index in [2.05, 4.69) is 25.7 Å². The zero-order chi connectivity index (χ0) is 16.9. The standard InChI is InChI=1S/C18H24BrClN2OS/c19-14-5-6-17(20)16(11-14)18(23)22-9-4-10-24-13-15(22)12-21-7-2-1-3-8-21/h5-6,11,15H,1-4,7-10,12-13H2. The molecule has 0 bridgehead atoms. The number of carbonyl (C=O) groups excluding carboxylic acids is 1. The van der Waals surface area contributed by atoms with Crippen molar-refractivity contribution >= 4 is 45.2 Å². The van der Waals surface area contributed by atoms with E-state index in [1.165, 1.54) is 32.4 Å². The van der Waals surface area contributed by atoms with Gasteiger partial charge in [0, 0.05) is 23.3 Å². The van der Waals surface area contributed by atoms with Crippen molar-refractivity contribution in [2.24, 2.45) is 0 Å². The molecule has 0 N–H and O–H groups in total. The lowest BCUT2D eigenvalue weighted by Gasteiger charge is -2.36. The molecule has 24 heavy (non-hydrogen) atoms. The molecular weight excluding hydrogens is 408 g/mol. The maximum atomic E-state index is 13.2. The minimum atomic E-state index is 0.0748. The van der Waals surface area contributed by atoms with Crippen LogP contribution in [0, 0.1) is 0 Å². The van der Waals surface area contributed by atoms with Gasteiger partial charge in [0.25, 0.3) is 5.91 Å². The summed E-state index contributed by atoms with van der Waals surface area (Å²) >= 11 is 11.7. The Kier molecular flexibility index (Phi) is 6.90. The summed E-state index contributed by atoms with van der Waals surface area (Å²) in [6.45, 7) is 4.15. The monoisotopic (exact) mass is 430 g/mol. The third-order valence-corrected chi connectivity index (χ3v) is 6.80. The number of hydrogen-bond donors (Lipinski definition) is 0. The number of carbonyl (C=O) groups is 1. The van der Waals surface area contributed by atoms with Crippen LogP contribution in [0.2, 0.25) is 5.02 Å². The molecule has 1 atom stereocenters. The third-order valence-electron chi connectivity index (χ3n) is 4.78. The maximum absolute atomic E-state index is 13.2. The number of piperidine rings is 1. The van der Waals surface area contributed by atoms with E-state index in [0.717, 1.165) is 35.5 Å². The molecule has 0 aliphatic carbocycles. The Labute approximate surface area is 162 Å². The molecule has 0 spiro atoms. The second kappa shape index (κ2) is 8.93. The summed E-state index contributed by atoms with van der Waals surface area (Å²) < 4.78 is 0.895. The Morgan fingerprint density at radius 3 is 2.79 bits per heavy atom. The Morgan fingerprint density at radius 1 is 1.21 bits per heavy atom. The second-order valence-electron chi connectivity index (χ2n) is 6.57. The van der Waals surface area contributed by atoms with Crippen molar-refractivity contribution in [3.63, 3.8) is 0 Å². The summed E-state index contributed by atoms with van der Waals surface area (Å²) in [5, 5.41) is 0.539. The third kappa shape index (κ3) is 4.69. The van der Waals surface area contributed by atoms with Crippen LogP contribution in [0.15, 0.2) is 22.7 Å². The number of amides is 1. The lowest BCUT2D eigenvalue weighted by molar-refractivity contribution is 0.0645. The Hall–Kier alpha value is -0.230. The summed E-state index contributed by atoms with van der Waals surface area (Å²) in [6, 6.07) is 5.80. The molecule has 1 unspecified atom stereocenters. The Morgan fingerprint density at radius 2 is 2.00 bits per heavy atom.